The Bertz CT molecular complexity index is 864. The Hall–Kier alpha value is -2.66. The Morgan fingerprint density at radius 2 is 2.00 bits per heavy atom. The van der Waals surface area contributed by atoms with E-state index in [1.54, 1.807) is 24.7 Å². The molecule has 5 nitrogen and oxygen atoms in total. The molecule has 4 rings (SSSR count). The van der Waals surface area contributed by atoms with Crippen LogP contribution in [0.5, 0.6) is 5.88 Å². The normalized spacial score (nSPS) is 12.0. The predicted octanol–water partition coefficient (Wildman–Crippen LogP) is 3.57. The largest absolute Gasteiger partial charge is 0.471 e. The van der Waals surface area contributed by atoms with Gasteiger partial charge in [-0.05, 0) is 37.0 Å². The molecule has 0 amide bonds. The fourth-order valence-electron chi connectivity index (χ4n) is 2.55. The standard InChI is InChI=1S/C14H13ClN2O.C5H5NO/c15-12-8-14(17-13-6-3-5-11(12)13)18-9-10-4-1-2-7-16-10;7-5-1-3-6-4-2-5/h1-2,4,7-8H,3,5-6,9H2;1-4H,(H,6,7). The van der Waals surface area contributed by atoms with Crippen molar-refractivity contribution in [2.45, 2.75) is 25.9 Å². The lowest BCUT2D eigenvalue weighted by Gasteiger charge is -2.08. The van der Waals surface area contributed by atoms with Crippen LogP contribution in [0.15, 0.2) is 59.8 Å². The van der Waals surface area contributed by atoms with Crippen molar-refractivity contribution in [1.82, 2.24) is 15.0 Å². The van der Waals surface area contributed by atoms with Crippen molar-refractivity contribution < 1.29 is 4.74 Å². The second-order valence-corrected chi connectivity index (χ2v) is 5.97. The summed E-state index contributed by atoms with van der Waals surface area (Å²) in [5, 5.41) is 0.772. The molecule has 1 aliphatic carbocycles. The van der Waals surface area contributed by atoms with E-state index in [4.69, 9.17) is 16.3 Å². The first kappa shape index (κ1) is 17.2. The average Bonchev–Trinajstić information content (AvgIpc) is 3.11. The van der Waals surface area contributed by atoms with Crippen molar-refractivity contribution in [1.29, 1.82) is 0 Å². The van der Waals surface area contributed by atoms with Gasteiger partial charge >= 0.3 is 0 Å². The van der Waals surface area contributed by atoms with Gasteiger partial charge in [-0.1, -0.05) is 17.7 Å². The lowest BCUT2D eigenvalue weighted by atomic mass is 10.2. The van der Waals surface area contributed by atoms with Crippen molar-refractivity contribution in [2.75, 3.05) is 0 Å². The number of nitrogens with zero attached hydrogens (tertiary/aromatic N) is 2. The van der Waals surface area contributed by atoms with E-state index >= 15 is 0 Å². The first-order valence-electron chi connectivity index (χ1n) is 8.06. The highest BCUT2D eigenvalue weighted by molar-refractivity contribution is 6.31. The van der Waals surface area contributed by atoms with Gasteiger partial charge < -0.3 is 9.72 Å². The third-order valence-corrected chi connectivity index (χ3v) is 4.09. The van der Waals surface area contributed by atoms with Crippen LogP contribution in [-0.4, -0.2) is 15.0 Å². The van der Waals surface area contributed by atoms with Gasteiger partial charge in [0.1, 0.15) is 6.61 Å². The van der Waals surface area contributed by atoms with Gasteiger partial charge in [-0.2, -0.15) is 0 Å². The molecule has 25 heavy (non-hydrogen) atoms. The van der Waals surface area contributed by atoms with E-state index in [1.165, 1.54) is 17.7 Å². The number of hydrogen-bond donors (Lipinski definition) is 1. The van der Waals surface area contributed by atoms with Gasteiger partial charge in [0.15, 0.2) is 5.43 Å². The maximum atomic E-state index is 10.2. The van der Waals surface area contributed by atoms with Crippen LogP contribution in [0.4, 0.5) is 0 Å². The van der Waals surface area contributed by atoms with Gasteiger partial charge in [0.2, 0.25) is 5.88 Å². The monoisotopic (exact) mass is 355 g/mol. The molecular weight excluding hydrogens is 338 g/mol. The minimum Gasteiger partial charge on any atom is -0.471 e. The third kappa shape index (κ3) is 4.90. The highest BCUT2D eigenvalue weighted by Gasteiger charge is 2.17. The van der Waals surface area contributed by atoms with Crippen LogP contribution in [0.1, 0.15) is 23.4 Å². The fraction of sp³-hybridized carbons (Fsp3) is 0.211. The zero-order valence-corrected chi connectivity index (χ0v) is 14.4. The molecule has 0 saturated carbocycles. The number of ether oxygens (including phenoxy) is 1. The van der Waals surface area contributed by atoms with Crippen LogP contribution in [-0.2, 0) is 19.4 Å². The smallest absolute Gasteiger partial charge is 0.215 e. The summed E-state index contributed by atoms with van der Waals surface area (Å²) in [6.45, 7) is 0.420. The second kappa shape index (κ2) is 8.44. The molecule has 0 spiro atoms. The molecule has 3 heterocycles. The maximum Gasteiger partial charge on any atom is 0.215 e. The number of aromatic amines is 1. The molecule has 0 atom stereocenters. The van der Waals surface area contributed by atoms with Crippen molar-refractivity contribution in [3.8, 4) is 5.88 Å². The second-order valence-electron chi connectivity index (χ2n) is 5.57. The van der Waals surface area contributed by atoms with Crippen LogP contribution < -0.4 is 10.2 Å². The summed E-state index contributed by atoms with van der Waals surface area (Å²) >= 11 is 6.22. The fourth-order valence-corrected chi connectivity index (χ4v) is 2.84. The Morgan fingerprint density at radius 3 is 2.68 bits per heavy atom. The number of rotatable bonds is 3. The van der Waals surface area contributed by atoms with Gasteiger partial charge in [-0.3, -0.25) is 9.78 Å². The minimum atomic E-state index is 0.0405. The van der Waals surface area contributed by atoms with Gasteiger partial charge in [0, 0.05) is 42.5 Å². The topological polar surface area (TPSA) is 67.9 Å². The van der Waals surface area contributed by atoms with Gasteiger partial charge in [-0.25, -0.2) is 4.98 Å². The molecule has 0 fully saturated rings. The summed E-state index contributed by atoms with van der Waals surface area (Å²) in [5.41, 5.74) is 3.19. The lowest BCUT2D eigenvalue weighted by molar-refractivity contribution is 0.288. The first-order valence-corrected chi connectivity index (χ1v) is 8.44. The molecular formula is C19H18ClN3O2. The van der Waals surface area contributed by atoms with Crippen LogP contribution in [0.25, 0.3) is 0 Å². The Balaban J connectivity index is 0.000000219. The van der Waals surface area contributed by atoms with Crippen molar-refractivity contribution in [3.63, 3.8) is 0 Å². The Morgan fingerprint density at radius 1 is 1.16 bits per heavy atom. The lowest BCUT2D eigenvalue weighted by Crippen LogP contribution is -2.01. The van der Waals surface area contributed by atoms with Crippen LogP contribution in [0, 0.1) is 0 Å². The Kier molecular flexibility index (Phi) is 5.80. The molecule has 0 unspecified atom stereocenters. The average molecular weight is 356 g/mol. The first-order chi connectivity index (χ1) is 12.2. The third-order valence-electron chi connectivity index (χ3n) is 3.75. The maximum absolute atomic E-state index is 10.2. The number of fused-ring (bicyclic) bond motifs is 1. The molecule has 0 saturated heterocycles. The van der Waals surface area contributed by atoms with Crippen LogP contribution >= 0.6 is 11.6 Å². The summed E-state index contributed by atoms with van der Waals surface area (Å²) in [7, 11) is 0. The molecule has 0 radical (unpaired) electrons. The van der Waals surface area contributed by atoms with Crippen molar-refractivity contribution in [2.24, 2.45) is 0 Å². The quantitative estimate of drug-likeness (QED) is 0.779. The number of halogens is 1. The number of nitrogens with one attached hydrogen (secondary N) is 1. The molecule has 128 valence electrons. The molecule has 1 aliphatic rings. The molecule has 0 aliphatic heterocycles. The van der Waals surface area contributed by atoms with E-state index in [1.807, 2.05) is 18.2 Å². The number of hydrogen-bond acceptors (Lipinski definition) is 4. The Labute approximate surface area is 150 Å². The van der Waals surface area contributed by atoms with Crippen molar-refractivity contribution >= 4 is 11.6 Å². The SMILES string of the molecule is Clc1cc(OCc2ccccn2)nc2c1CCC2.O=c1cc[nH]cc1. The van der Waals surface area contributed by atoms with E-state index in [0.29, 0.717) is 12.5 Å². The van der Waals surface area contributed by atoms with E-state index in [0.717, 1.165) is 35.7 Å². The molecule has 0 aromatic carbocycles. The summed E-state index contributed by atoms with van der Waals surface area (Å²) < 4.78 is 5.64. The highest BCUT2D eigenvalue weighted by Crippen LogP contribution is 2.30. The van der Waals surface area contributed by atoms with E-state index in [2.05, 4.69) is 15.0 Å². The van der Waals surface area contributed by atoms with Gasteiger partial charge in [0.05, 0.1) is 10.7 Å². The molecule has 6 heteroatoms. The zero-order chi connectivity index (χ0) is 17.5. The van der Waals surface area contributed by atoms with Crippen LogP contribution in [0.3, 0.4) is 0 Å². The molecule has 1 N–H and O–H groups in total. The van der Waals surface area contributed by atoms with E-state index in [-0.39, 0.29) is 5.43 Å². The summed E-state index contributed by atoms with van der Waals surface area (Å²) in [6, 6.07) is 10.5. The number of aryl methyl sites for hydroxylation is 1. The van der Waals surface area contributed by atoms with Crippen molar-refractivity contribution in [3.05, 3.63) is 87.2 Å². The number of pyridine rings is 3. The van der Waals surface area contributed by atoms with E-state index in [9.17, 15) is 4.79 Å². The van der Waals surface area contributed by atoms with Gasteiger partial charge in [-0.15, -0.1) is 0 Å². The zero-order valence-electron chi connectivity index (χ0n) is 13.6. The highest BCUT2D eigenvalue weighted by atomic mass is 35.5. The summed E-state index contributed by atoms with van der Waals surface area (Å²) in [6.07, 6.45) is 8.11. The molecule has 3 aromatic heterocycles. The number of H-pyrrole nitrogens is 1. The van der Waals surface area contributed by atoms with Gasteiger partial charge in [0.25, 0.3) is 0 Å². The van der Waals surface area contributed by atoms with Crippen LogP contribution in [0.2, 0.25) is 5.02 Å². The summed E-state index contributed by atoms with van der Waals surface area (Å²) in [4.78, 5) is 21.7. The molecule has 0 bridgehead atoms. The summed E-state index contributed by atoms with van der Waals surface area (Å²) in [5.74, 6) is 0.589. The minimum absolute atomic E-state index is 0.0405. The predicted molar refractivity (Wildman–Crippen MR) is 96.9 cm³/mol. The number of aromatic nitrogens is 3. The van der Waals surface area contributed by atoms with E-state index < -0.39 is 0 Å². The molecule has 3 aromatic rings.